The van der Waals surface area contributed by atoms with E-state index >= 15 is 0 Å². The van der Waals surface area contributed by atoms with Crippen molar-refractivity contribution in [3.63, 3.8) is 0 Å². The fourth-order valence-electron chi connectivity index (χ4n) is 1.98. The quantitative estimate of drug-likeness (QED) is 0.821. The smallest absolute Gasteiger partial charge is 0.267 e. The third-order valence-electron chi connectivity index (χ3n) is 3.01. The summed E-state index contributed by atoms with van der Waals surface area (Å²) >= 11 is 3.10. The number of hydrogen-bond acceptors (Lipinski definition) is 3. The van der Waals surface area contributed by atoms with Crippen LogP contribution in [0.5, 0.6) is 0 Å². The molecule has 2 rings (SSSR count). The Bertz CT molecular complexity index is 633. The molecule has 0 bridgehead atoms. The lowest BCUT2D eigenvalue weighted by atomic mass is 10.3. The van der Waals surface area contributed by atoms with Gasteiger partial charge >= 0.3 is 0 Å². The van der Waals surface area contributed by atoms with Crippen molar-refractivity contribution in [1.29, 1.82) is 0 Å². The second-order valence-electron chi connectivity index (χ2n) is 4.61. The van der Waals surface area contributed by atoms with Crippen molar-refractivity contribution in [3.05, 3.63) is 28.7 Å². The number of sulfone groups is 1. The Labute approximate surface area is 123 Å². The molecule has 1 heterocycles. The van der Waals surface area contributed by atoms with Crippen molar-refractivity contribution in [2.45, 2.75) is 17.2 Å². The number of halogens is 3. The summed E-state index contributed by atoms with van der Waals surface area (Å²) in [6, 6.07) is 6.09. The highest BCUT2D eigenvalue weighted by atomic mass is 79.9. The number of benzene rings is 1. The van der Waals surface area contributed by atoms with Crippen molar-refractivity contribution >= 4 is 31.7 Å². The summed E-state index contributed by atoms with van der Waals surface area (Å²) in [5, 5.41) is 0. The van der Waals surface area contributed by atoms with Crippen LogP contribution in [0.25, 0.3) is 0 Å². The summed E-state index contributed by atoms with van der Waals surface area (Å²) in [6.07, 6.45) is -0.423. The molecular formula is C12H12BrF2NO3S. The highest BCUT2D eigenvalue weighted by Gasteiger charge is 2.41. The van der Waals surface area contributed by atoms with Gasteiger partial charge in [-0.1, -0.05) is 12.1 Å². The van der Waals surface area contributed by atoms with E-state index in [2.05, 4.69) is 15.9 Å². The van der Waals surface area contributed by atoms with E-state index in [0.717, 1.165) is 4.90 Å². The maximum atomic E-state index is 13.0. The van der Waals surface area contributed by atoms with Crippen LogP contribution in [0.2, 0.25) is 0 Å². The third-order valence-corrected chi connectivity index (χ3v) is 5.61. The minimum atomic E-state index is -3.85. The molecule has 0 aliphatic carbocycles. The number of rotatable bonds is 3. The Morgan fingerprint density at radius 2 is 2.00 bits per heavy atom. The molecule has 0 unspecified atom stereocenters. The SMILES string of the molecule is O=C(CS(=O)(=O)c1ccccc1Br)N1CCC(F)(F)C1. The summed E-state index contributed by atoms with van der Waals surface area (Å²) in [5.41, 5.74) is 0. The predicted molar refractivity (Wildman–Crippen MR) is 72.3 cm³/mol. The summed E-state index contributed by atoms with van der Waals surface area (Å²) in [6.45, 7) is -0.825. The average molecular weight is 368 g/mol. The molecule has 0 spiro atoms. The number of carbonyl (C=O) groups excluding carboxylic acids is 1. The minimum absolute atomic E-state index is 0.0145. The van der Waals surface area contributed by atoms with Gasteiger partial charge in [-0.2, -0.15) is 0 Å². The topological polar surface area (TPSA) is 54.5 Å². The third kappa shape index (κ3) is 3.35. The molecule has 8 heteroatoms. The van der Waals surface area contributed by atoms with Crippen LogP contribution in [-0.4, -0.2) is 44.0 Å². The zero-order chi connectivity index (χ0) is 15.0. The van der Waals surface area contributed by atoms with E-state index in [1.165, 1.54) is 12.1 Å². The molecule has 1 saturated heterocycles. The normalized spacial score (nSPS) is 18.2. The van der Waals surface area contributed by atoms with Crippen LogP contribution in [0.1, 0.15) is 6.42 Å². The molecule has 0 aromatic heterocycles. The van der Waals surface area contributed by atoms with E-state index in [1.54, 1.807) is 12.1 Å². The van der Waals surface area contributed by atoms with Gasteiger partial charge in [0.1, 0.15) is 5.75 Å². The second-order valence-corrected chi connectivity index (χ2v) is 7.42. The van der Waals surface area contributed by atoms with E-state index in [9.17, 15) is 22.0 Å². The maximum Gasteiger partial charge on any atom is 0.267 e. The van der Waals surface area contributed by atoms with Crippen LogP contribution in [0.4, 0.5) is 8.78 Å². The minimum Gasteiger partial charge on any atom is -0.336 e. The Morgan fingerprint density at radius 1 is 1.35 bits per heavy atom. The molecule has 110 valence electrons. The number of amides is 1. The molecule has 1 aromatic carbocycles. The monoisotopic (exact) mass is 367 g/mol. The van der Waals surface area contributed by atoms with Gasteiger partial charge in [0.15, 0.2) is 9.84 Å². The largest absolute Gasteiger partial charge is 0.336 e. The molecule has 0 atom stereocenters. The van der Waals surface area contributed by atoms with Gasteiger partial charge in [0.25, 0.3) is 5.92 Å². The van der Waals surface area contributed by atoms with Crippen LogP contribution in [0, 0.1) is 0 Å². The molecule has 1 amide bonds. The maximum absolute atomic E-state index is 13.0. The van der Waals surface area contributed by atoms with Crippen molar-refractivity contribution in [2.24, 2.45) is 0 Å². The lowest BCUT2D eigenvalue weighted by Crippen LogP contribution is -2.35. The van der Waals surface area contributed by atoms with Gasteiger partial charge in [-0.05, 0) is 28.1 Å². The molecule has 0 N–H and O–H groups in total. The van der Waals surface area contributed by atoms with Crippen LogP contribution < -0.4 is 0 Å². The number of hydrogen-bond donors (Lipinski definition) is 0. The van der Waals surface area contributed by atoms with Gasteiger partial charge in [0, 0.05) is 17.4 Å². The Morgan fingerprint density at radius 3 is 2.55 bits per heavy atom. The summed E-state index contributed by atoms with van der Waals surface area (Å²) in [7, 11) is -3.85. The molecule has 0 radical (unpaired) electrons. The van der Waals surface area contributed by atoms with E-state index < -0.39 is 40.4 Å². The van der Waals surface area contributed by atoms with Gasteiger partial charge in [-0.3, -0.25) is 4.79 Å². The zero-order valence-corrected chi connectivity index (χ0v) is 12.8. The number of carbonyl (C=O) groups is 1. The molecule has 1 aliphatic heterocycles. The zero-order valence-electron chi connectivity index (χ0n) is 10.4. The lowest BCUT2D eigenvalue weighted by molar-refractivity contribution is -0.128. The Balaban J connectivity index is 2.14. The first-order valence-corrected chi connectivity index (χ1v) is 8.29. The molecule has 1 aliphatic rings. The van der Waals surface area contributed by atoms with Crippen LogP contribution >= 0.6 is 15.9 Å². The van der Waals surface area contributed by atoms with Crippen molar-refractivity contribution < 1.29 is 22.0 Å². The first-order valence-electron chi connectivity index (χ1n) is 5.84. The molecule has 1 aromatic rings. The predicted octanol–water partition coefficient (Wildman–Crippen LogP) is 2.09. The number of likely N-dealkylation sites (tertiary alicyclic amines) is 1. The van der Waals surface area contributed by atoms with Gasteiger partial charge in [-0.25, -0.2) is 17.2 Å². The van der Waals surface area contributed by atoms with Crippen molar-refractivity contribution in [2.75, 3.05) is 18.8 Å². The highest BCUT2D eigenvalue weighted by molar-refractivity contribution is 9.10. The van der Waals surface area contributed by atoms with Gasteiger partial charge in [0.2, 0.25) is 5.91 Å². The molecule has 1 fully saturated rings. The standard InChI is InChI=1S/C12H12BrF2NO3S/c13-9-3-1-2-4-10(9)20(18,19)7-11(17)16-6-5-12(14,15)8-16/h1-4H,5-8H2. The van der Waals surface area contributed by atoms with Gasteiger partial charge in [0.05, 0.1) is 11.4 Å². The average Bonchev–Trinajstić information content (AvgIpc) is 2.69. The van der Waals surface area contributed by atoms with Crippen molar-refractivity contribution in [3.8, 4) is 0 Å². The molecule has 0 saturated carbocycles. The van der Waals surface area contributed by atoms with Gasteiger partial charge < -0.3 is 4.90 Å². The summed E-state index contributed by atoms with van der Waals surface area (Å²) < 4.78 is 50.6. The number of nitrogens with zero attached hydrogens (tertiary/aromatic N) is 1. The second kappa shape index (κ2) is 5.40. The first-order chi connectivity index (χ1) is 9.21. The van der Waals surface area contributed by atoms with Gasteiger partial charge in [-0.15, -0.1) is 0 Å². The fraction of sp³-hybridized carbons (Fsp3) is 0.417. The molecule has 4 nitrogen and oxygen atoms in total. The Hall–Kier alpha value is -1.02. The van der Waals surface area contributed by atoms with Crippen LogP contribution in [0.15, 0.2) is 33.6 Å². The molecule has 20 heavy (non-hydrogen) atoms. The van der Waals surface area contributed by atoms with E-state index in [-0.39, 0.29) is 11.4 Å². The van der Waals surface area contributed by atoms with Crippen molar-refractivity contribution in [1.82, 2.24) is 4.90 Å². The van der Waals surface area contributed by atoms with E-state index in [1.807, 2.05) is 0 Å². The summed E-state index contributed by atoms with van der Waals surface area (Å²) in [5.74, 6) is -4.52. The number of alkyl halides is 2. The highest BCUT2D eigenvalue weighted by Crippen LogP contribution is 2.28. The fourth-order valence-corrected chi connectivity index (χ4v) is 4.32. The summed E-state index contributed by atoms with van der Waals surface area (Å²) in [4.78, 5) is 12.7. The molecular weight excluding hydrogens is 356 g/mol. The van der Waals surface area contributed by atoms with E-state index in [4.69, 9.17) is 0 Å². The Kier molecular flexibility index (Phi) is 4.15. The van der Waals surface area contributed by atoms with E-state index in [0.29, 0.717) is 4.47 Å². The lowest BCUT2D eigenvalue weighted by Gasteiger charge is -2.16. The first kappa shape index (κ1) is 15.4. The van der Waals surface area contributed by atoms with Crippen LogP contribution in [-0.2, 0) is 14.6 Å². The van der Waals surface area contributed by atoms with Crippen LogP contribution in [0.3, 0.4) is 0 Å².